The second-order valence-corrected chi connectivity index (χ2v) is 12.9. The summed E-state index contributed by atoms with van der Waals surface area (Å²) in [5.41, 5.74) is 2.76. The standard InChI is InChI=1S/C28H30OP/c1-4-5-10-18-30(3)20(2)29-26-17-11-16-25(28(26)30)27-23-14-8-6-12-21(23)19-22-13-7-9-15-24(22)27/h6-9,11-17,19-20H,4-5,10,18H2,1-3H3/q+1. The Morgan fingerprint density at radius 2 is 1.50 bits per heavy atom. The van der Waals surface area contributed by atoms with Crippen molar-refractivity contribution in [1.82, 2.24) is 0 Å². The zero-order valence-corrected chi connectivity index (χ0v) is 19.1. The number of benzene rings is 4. The first-order valence-electron chi connectivity index (χ1n) is 11.2. The summed E-state index contributed by atoms with van der Waals surface area (Å²) >= 11 is 0. The minimum Gasteiger partial charge on any atom is -0.453 e. The molecule has 0 spiro atoms. The third kappa shape index (κ3) is 3.03. The molecule has 1 aliphatic rings. The molecule has 0 saturated carbocycles. The highest BCUT2D eigenvalue weighted by Crippen LogP contribution is 2.66. The fourth-order valence-corrected chi connectivity index (χ4v) is 8.66. The normalized spacial score (nSPS) is 20.4. The molecule has 152 valence electrons. The van der Waals surface area contributed by atoms with Crippen LogP contribution in [0.4, 0.5) is 0 Å². The molecule has 2 unspecified atom stereocenters. The lowest BCUT2D eigenvalue weighted by molar-refractivity contribution is 0.313. The smallest absolute Gasteiger partial charge is 0.207 e. The van der Waals surface area contributed by atoms with Gasteiger partial charge in [0.2, 0.25) is 5.85 Å². The van der Waals surface area contributed by atoms with Crippen molar-refractivity contribution in [1.29, 1.82) is 0 Å². The predicted octanol–water partition coefficient (Wildman–Crippen LogP) is 7.86. The minimum absolute atomic E-state index is 0.298. The van der Waals surface area contributed by atoms with E-state index in [4.69, 9.17) is 4.74 Å². The maximum atomic E-state index is 6.49. The Morgan fingerprint density at radius 1 is 0.833 bits per heavy atom. The van der Waals surface area contributed by atoms with E-state index in [0.717, 1.165) is 5.75 Å². The van der Waals surface area contributed by atoms with Gasteiger partial charge in [0.1, 0.15) is 5.30 Å². The molecule has 30 heavy (non-hydrogen) atoms. The summed E-state index contributed by atoms with van der Waals surface area (Å²) in [6, 6.07) is 26.7. The van der Waals surface area contributed by atoms with Crippen LogP contribution >= 0.6 is 7.26 Å². The number of hydrogen-bond acceptors (Lipinski definition) is 1. The van der Waals surface area contributed by atoms with Crippen LogP contribution in [-0.2, 0) is 0 Å². The SMILES string of the molecule is CCCCC[P+]1(C)c2c(cccc2-c2c3ccccc3cc3ccccc23)OC1C. The molecule has 5 rings (SSSR count). The van der Waals surface area contributed by atoms with Gasteiger partial charge in [0.25, 0.3) is 0 Å². The molecular formula is C28H30OP+. The van der Waals surface area contributed by atoms with Crippen molar-refractivity contribution in [2.24, 2.45) is 0 Å². The van der Waals surface area contributed by atoms with Gasteiger partial charge in [-0.25, -0.2) is 0 Å². The largest absolute Gasteiger partial charge is 0.453 e. The fourth-order valence-electron chi connectivity index (χ4n) is 5.12. The molecule has 1 aliphatic heterocycles. The van der Waals surface area contributed by atoms with Gasteiger partial charge in [0.15, 0.2) is 5.75 Å². The van der Waals surface area contributed by atoms with E-state index in [1.165, 1.54) is 63.4 Å². The topological polar surface area (TPSA) is 9.23 Å². The summed E-state index contributed by atoms with van der Waals surface area (Å²) in [7, 11) is -1.41. The second kappa shape index (κ2) is 7.71. The molecule has 2 atom stereocenters. The summed E-state index contributed by atoms with van der Waals surface area (Å²) in [6.45, 7) is 7.11. The van der Waals surface area contributed by atoms with E-state index in [2.05, 4.69) is 93.3 Å². The molecule has 2 heteroatoms. The van der Waals surface area contributed by atoms with E-state index in [0.29, 0.717) is 5.85 Å². The van der Waals surface area contributed by atoms with Crippen LogP contribution in [0, 0.1) is 0 Å². The fraction of sp³-hybridized carbons (Fsp3) is 0.286. The molecule has 0 aromatic heterocycles. The molecule has 0 saturated heterocycles. The predicted molar refractivity (Wildman–Crippen MR) is 134 cm³/mol. The van der Waals surface area contributed by atoms with Gasteiger partial charge in [-0.1, -0.05) is 80.4 Å². The average Bonchev–Trinajstić information content (AvgIpc) is 3.02. The van der Waals surface area contributed by atoms with Crippen LogP contribution in [0.25, 0.3) is 32.7 Å². The van der Waals surface area contributed by atoms with Gasteiger partial charge >= 0.3 is 0 Å². The zero-order chi connectivity index (χ0) is 20.7. The Kier molecular flexibility index (Phi) is 5.03. The quantitative estimate of drug-likeness (QED) is 0.184. The summed E-state index contributed by atoms with van der Waals surface area (Å²) in [6.07, 6.45) is 5.13. The number of hydrogen-bond donors (Lipinski definition) is 0. The second-order valence-electron chi connectivity index (χ2n) is 8.76. The maximum absolute atomic E-state index is 6.49. The van der Waals surface area contributed by atoms with Crippen molar-refractivity contribution >= 4 is 34.1 Å². The van der Waals surface area contributed by atoms with Gasteiger partial charge in [-0.3, -0.25) is 0 Å². The summed E-state index contributed by atoms with van der Waals surface area (Å²) in [5, 5.41) is 6.80. The van der Waals surface area contributed by atoms with Gasteiger partial charge in [-0.15, -0.1) is 0 Å². The van der Waals surface area contributed by atoms with Gasteiger partial charge in [-0.05, 0) is 40.1 Å². The van der Waals surface area contributed by atoms with Crippen LogP contribution in [-0.4, -0.2) is 18.7 Å². The first kappa shape index (κ1) is 19.6. The van der Waals surface area contributed by atoms with Crippen LogP contribution < -0.4 is 10.0 Å². The lowest BCUT2D eigenvalue weighted by Gasteiger charge is -2.23. The number of fused-ring (bicyclic) bond motifs is 3. The van der Waals surface area contributed by atoms with E-state index in [-0.39, 0.29) is 0 Å². The molecule has 0 radical (unpaired) electrons. The van der Waals surface area contributed by atoms with Crippen molar-refractivity contribution in [2.75, 3.05) is 12.8 Å². The third-order valence-electron chi connectivity index (χ3n) is 6.88. The zero-order valence-electron chi connectivity index (χ0n) is 18.2. The van der Waals surface area contributed by atoms with Gasteiger partial charge in [0.05, 0.1) is 20.1 Å². The molecule has 4 aromatic carbocycles. The third-order valence-corrected chi connectivity index (χ3v) is 11.3. The highest BCUT2D eigenvalue weighted by Gasteiger charge is 2.51. The average molecular weight is 414 g/mol. The summed E-state index contributed by atoms with van der Waals surface area (Å²) in [4.78, 5) is 0. The number of ether oxygens (including phenoxy) is 1. The Balaban J connectivity index is 1.82. The van der Waals surface area contributed by atoms with E-state index in [9.17, 15) is 0 Å². The summed E-state index contributed by atoms with van der Waals surface area (Å²) in [5.74, 6) is 1.41. The van der Waals surface area contributed by atoms with Crippen LogP contribution in [0.1, 0.15) is 33.1 Å². The lowest BCUT2D eigenvalue weighted by Crippen LogP contribution is -2.19. The minimum atomic E-state index is -1.41. The van der Waals surface area contributed by atoms with Crippen LogP contribution in [0.15, 0.2) is 72.8 Å². The monoisotopic (exact) mass is 413 g/mol. The molecule has 0 bridgehead atoms. The molecule has 0 N–H and O–H groups in total. The van der Waals surface area contributed by atoms with E-state index in [1.807, 2.05) is 0 Å². The Labute approximate surface area is 180 Å². The molecular weight excluding hydrogens is 383 g/mol. The van der Waals surface area contributed by atoms with Crippen LogP contribution in [0.2, 0.25) is 0 Å². The molecule has 0 fully saturated rings. The Hall–Kier alpha value is -2.37. The van der Waals surface area contributed by atoms with Crippen LogP contribution in [0.5, 0.6) is 5.75 Å². The van der Waals surface area contributed by atoms with E-state index < -0.39 is 7.26 Å². The molecule has 0 amide bonds. The first-order chi connectivity index (χ1) is 14.6. The van der Waals surface area contributed by atoms with Gasteiger partial charge in [-0.2, -0.15) is 0 Å². The summed E-state index contributed by atoms with van der Waals surface area (Å²) < 4.78 is 6.49. The van der Waals surface area contributed by atoms with Gasteiger partial charge in [0, 0.05) is 18.1 Å². The van der Waals surface area contributed by atoms with Crippen molar-refractivity contribution in [3.05, 3.63) is 72.8 Å². The van der Waals surface area contributed by atoms with Crippen LogP contribution in [0.3, 0.4) is 0 Å². The molecule has 1 heterocycles. The highest BCUT2D eigenvalue weighted by molar-refractivity contribution is 7.83. The molecule has 0 aliphatic carbocycles. The van der Waals surface area contributed by atoms with Crippen molar-refractivity contribution in [3.8, 4) is 16.9 Å². The van der Waals surface area contributed by atoms with Crippen molar-refractivity contribution in [2.45, 2.75) is 39.0 Å². The lowest BCUT2D eigenvalue weighted by atomic mass is 9.92. The Bertz CT molecular complexity index is 1170. The van der Waals surface area contributed by atoms with E-state index >= 15 is 0 Å². The maximum Gasteiger partial charge on any atom is 0.207 e. The number of rotatable bonds is 5. The molecule has 4 aromatic rings. The first-order valence-corrected chi connectivity index (χ1v) is 13.7. The Morgan fingerprint density at radius 3 is 2.17 bits per heavy atom. The van der Waals surface area contributed by atoms with Crippen molar-refractivity contribution < 1.29 is 4.74 Å². The van der Waals surface area contributed by atoms with E-state index in [1.54, 1.807) is 0 Å². The number of unbranched alkanes of at least 4 members (excludes halogenated alkanes) is 2. The molecule has 1 nitrogen and oxygen atoms in total. The highest BCUT2D eigenvalue weighted by atomic mass is 31.2. The van der Waals surface area contributed by atoms with Crippen molar-refractivity contribution in [3.63, 3.8) is 0 Å². The van der Waals surface area contributed by atoms with Gasteiger partial charge < -0.3 is 4.74 Å².